The molecule has 0 spiro atoms. The summed E-state index contributed by atoms with van der Waals surface area (Å²) in [4.78, 5) is 75.4. The van der Waals surface area contributed by atoms with Gasteiger partial charge in [0.25, 0.3) is 11.8 Å². The number of nitrogens with one attached hydrogen (secondary N) is 2. The Hall–Kier alpha value is -3.68. The fourth-order valence-corrected chi connectivity index (χ4v) is 6.61. The Morgan fingerprint density at radius 2 is 1.24 bits per heavy atom. The Labute approximate surface area is 320 Å². The molecule has 2 N–H and O–H groups in total. The summed E-state index contributed by atoms with van der Waals surface area (Å²) < 4.78 is 21.8. The Balaban J connectivity index is 1.08. The summed E-state index contributed by atoms with van der Waals surface area (Å²) in [6, 6.07) is 3.54. The number of carbonyl (C=O) groups is 6. The van der Waals surface area contributed by atoms with Crippen LogP contribution in [-0.4, -0.2) is 92.7 Å². The molecule has 54 heavy (non-hydrogen) atoms. The van der Waals surface area contributed by atoms with Crippen LogP contribution in [0.25, 0.3) is 0 Å². The van der Waals surface area contributed by atoms with Gasteiger partial charge in [0.1, 0.15) is 12.6 Å². The van der Waals surface area contributed by atoms with Gasteiger partial charge < -0.3 is 24.3 Å². The van der Waals surface area contributed by atoms with Crippen LogP contribution in [0.5, 0.6) is 0 Å². The van der Waals surface area contributed by atoms with Crippen LogP contribution < -0.4 is 10.6 Å². The normalized spacial score (nSPS) is 15.4. The summed E-state index contributed by atoms with van der Waals surface area (Å²) >= 11 is 0. The first-order valence-corrected chi connectivity index (χ1v) is 20.4. The molecule has 1 unspecified atom stereocenters. The number of rotatable bonds is 31. The molecule has 13 heteroatoms. The standard InChI is InChI=1S/C41H63N3O10/c1-2-3-4-5-6-7-8-9-10-11-12-13-16-22-37(47)54-31-30-53-29-28-52-27-26-51-25-17-14-15-21-35(45)42-33-20-18-19-32-38(33)41(50)44(40(32)49)34-23-24-36(46)43-39(34)48/h18-20,34H,2-17,21-31H2,1H3,(H,42,45)(H,43,46,48). The Bertz CT molecular complexity index is 1340. The first kappa shape index (κ1) is 44.7. The van der Waals surface area contributed by atoms with E-state index in [2.05, 4.69) is 17.6 Å². The molecule has 0 aromatic heterocycles. The SMILES string of the molecule is CCCCCCCCCCCCCCCC(=O)OCCOCCOCCOCCCCCC(=O)Nc1cccc2c1C(=O)N(C1CCC(=O)NC1=O)C2=O. The number of imide groups is 2. The van der Waals surface area contributed by atoms with Crippen molar-refractivity contribution >= 4 is 41.2 Å². The number of piperidine rings is 1. The molecule has 1 aromatic carbocycles. The van der Waals surface area contributed by atoms with E-state index in [0.29, 0.717) is 52.5 Å². The van der Waals surface area contributed by atoms with Gasteiger partial charge in [-0.05, 0) is 37.8 Å². The number of esters is 1. The largest absolute Gasteiger partial charge is 0.463 e. The maximum Gasteiger partial charge on any atom is 0.305 e. The van der Waals surface area contributed by atoms with E-state index in [1.807, 2.05) is 0 Å². The highest BCUT2D eigenvalue weighted by Gasteiger charge is 2.45. The van der Waals surface area contributed by atoms with E-state index < -0.39 is 29.7 Å². The predicted molar refractivity (Wildman–Crippen MR) is 204 cm³/mol. The molecule has 2 aliphatic rings. The number of amides is 5. The second-order valence-electron chi connectivity index (χ2n) is 14.1. The zero-order chi connectivity index (χ0) is 38.8. The number of hydrogen-bond acceptors (Lipinski definition) is 10. The number of hydrogen-bond donors (Lipinski definition) is 2. The van der Waals surface area contributed by atoms with E-state index in [4.69, 9.17) is 18.9 Å². The molecule has 1 fully saturated rings. The summed E-state index contributed by atoms with van der Waals surface area (Å²) in [5.41, 5.74) is 0.390. The molecule has 1 aromatic rings. The Morgan fingerprint density at radius 3 is 1.87 bits per heavy atom. The highest BCUT2D eigenvalue weighted by atomic mass is 16.6. The minimum absolute atomic E-state index is 0.0311. The fourth-order valence-electron chi connectivity index (χ4n) is 6.61. The highest BCUT2D eigenvalue weighted by molar-refractivity contribution is 6.26. The van der Waals surface area contributed by atoms with Gasteiger partial charge >= 0.3 is 5.97 Å². The number of fused-ring (bicyclic) bond motifs is 1. The van der Waals surface area contributed by atoms with E-state index in [1.54, 1.807) is 12.1 Å². The number of anilines is 1. The minimum atomic E-state index is -1.07. The lowest BCUT2D eigenvalue weighted by atomic mass is 10.0. The van der Waals surface area contributed by atoms with Gasteiger partial charge in [-0.15, -0.1) is 0 Å². The molecule has 2 heterocycles. The monoisotopic (exact) mass is 757 g/mol. The third-order valence-electron chi connectivity index (χ3n) is 9.65. The zero-order valence-corrected chi connectivity index (χ0v) is 32.4. The van der Waals surface area contributed by atoms with Gasteiger partial charge in [-0.3, -0.25) is 39.0 Å². The van der Waals surface area contributed by atoms with Gasteiger partial charge in [-0.1, -0.05) is 96.5 Å². The van der Waals surface area contributed by atoms with Crippen LogP contribution in [0, 0.1) is 0 Å². The lowest BCUT2D eigenvalue weighted by Crippen LogP contribution is -2.54. The maximum atomic E-state index is 13.2. The van der Waals surface area contributed by atoms with Crippen molar-refractivity contribution in [1.82, 2.24) is 10.2 Å². The smallest absolute Gasteiger partial charge is 0.305 e. The maximum absolute atomic E-state index is 13.2. The molecule has 1 atom stereocenters. The topological polar surface area (TPSA) is 167 Å². The van der Waals surface area contributed by atoms with Gasteiger partial charge in [0.2, 0.25) is 17.7 Å². The molecule has 3 rings (SSSR count). The Morgan fingerprint density at radius 1 is 0.685 bits per heavy atom. The van der Waals surface area contributed by atoms with Crippen molar-refractivity contribution in [2.24, 2.45) is 0 Å². The van der Waals surface area contributed by atoms with Gasteiger partial charge in [0, 0.05) is 25.9 Å². The van der Waals surface area contributed by atoms with Crippen molar-refractivity contribution in [2.45, 2.75) is 141 Å². The highest BCUT2D eigenvalue weighted by Crippen LogP contribution is 2.32. The summed E-state index contributed by atoms with van der Waals surface area (Å²) in [6.45, 7) is 5.09. The van der Waals surface area contributed by atoms with Crippen LogP contribution in [0.4, 0.5) is 5.69 Å². The van der Waals surface area contributed by atoms with Crippen LogP contribution in [0.2, 0.25) is 0 Å². The van der Waals surface area contributed by atoms with E-state index in [0.717, 1.165) is 30.6 Å². The molecule has 0 saturated carbocycles. The molecule has 0 radical (unpaired) electrons. The number of carbonyl (C=O) groups excluding carboxylic acids is 6. The fraction of sp³-hybridized carbons (Fsp3) is 0.707. The summed E-state index contributed by atoms with van der Waals surface area (Å²) in [5, 5.41) is 4.91. The molecular formula is C41H63N3O10. The van der Waals surface area contributed by atoms with Gasteiger partial charge in [-0.25, -0.2) is 0 Å². The second kappa shape index (κ2) is 27.0. The zero-order valence-electron chi connectivity index (χ0n) is 32.4. The third-order valence-corrected chi connectivity index (χ3v) is 9.65. The van der Waals surface area contributed by atoms with Gasteiger partial charge in [0.05, 0.1) is 49.8 Å². The van der Waals surface area contributed by atoms with Crippen LogP contribution in [0.3, 0.4) is 0 Å². The van der Waals surface area contributed by atoms with Gasteiger partial charge in [0.15, 0.2) is 0 Å². The molecule has 0 bridgehead atoms. The first-order valence-electron chi connectivity index (χ1n) is 20.4. The van der Waals surface area contributed by atoms with E-state index >= 15 is 0 Å². The van der Waals surface area contributed by atoms with E-state index in [-0.39, 0.29) is 54.6 Å². The molecule has 0 aliphatic carbocycles. The third kappa shape index (κ3) is 16.8. The summed E-state index contributed by atoms with van der Waals surface area (Å²) in [7, 11) is 0. The van der Waals surface area contributed by atoms with Crippen molar-refractivity contribution in [1.29, 1.82) is 0 Å². The first-order chi connectivity index (χ1) is 26.3. The van der Waals surface area contributed by atoms with Crippen LogP contribution in [0.1, 0.15) is 156 Å². The second-order valence-corrected chi connectivity index (χ2v) is 14.1. The lowest BCUT2D eigenvalue weighted by molar-refractivity contribution is -0.145. The predicted octanol–water partition coefficient (Wildman–Crippen LogP) is 6.66. The molecule has 1 saturated heterocycles. The number of nitrogens with zero attached hydrogens (tertiary/aromatic N) is 1. The number of unbranched alkanes of at least 4 members (excludes halogenated alkanes) is 14. The van der Waals surface area contributed by atoms with Crippen molar-refractivity contribution in [3.05, 3.63) is 29.3 Å². The van der Waals surface area contributed by atoms with E-state index in [1.165, 1.54) is 76.7 Å². The average Bonchev–Trinajstić information content (AvgIpc) is 3.41. The van der Waals surface area contributed by atoms with E-state index in [9.17, 15) is 28.8 Å². The van der Waals surface area contributed by atoms with Crippen molar-refractivity contribution in [2.75, 3.05) is 51.6 Å². The minimum Gasteiger partial charge on any atom is -0.463 e. The van der Waals surface area contributed by atoms with Crippen LogP contribution >= 0.6 is 0 Å². The molecule has 302 valence electrons. The quantitative estimate of drug-likeness (QED) is 0.0475. The summed E-state index contributed by atoms with van der Waals surface area (Å²) in [5.74, 6) is -2.86. The lowest BCUT2D eigenvalue weighted by Gasteiger charge is -2.27. The summed E-state index contributed by atoms with van der Waals surface area (Å²) in [6.07, 6.45) is 19.5. The molecule has 5 amide bonds. The number of ether oxygens (including phenoxy) is 4. The van der Waals surface area contributed by atoms with Gasteiger partial charge in [-0.2, -0.15) is 0 Å². The number of benzene rings is 1. The van der Waals surface area contributed by atoms with Crippen molar-refractivity contribution in [3.63, 3.8) is 0 Å². The van der Waals surface area contributed by atoms with Crippen LogP contribution in [0.15, 0.2) is 18.2 Å². The van der Waals surface area contributed by atoms with Crippen LogP contribution in [-0.2, 0) is 38.1 Å². The van der Waals surface area contributed by atoms with Crippen molar-refractivity contribution < 1.29 is 47.7 Å². The average molecular weight is 758 g/mol. The molecule has 13 nitrogen and oxygen atoms in total. The molecule has 2 aliphatic heterocycles. The molecular weight excluding hydrogens is 694 g/mol. The van der Waals surface area contributed by atoms with Crippen molar-refractivity contribution in [3.8, 4) is 0 Å². The Kier molecular flexibility index (Phi) is 22.3.